The van der Waals surface area contributed by atoms with Crippen molar-refractivity contribution >= 4 is 45.6 Å². The average molecular weight is 472 g/mol. The summed E-state index contributed by atoms with van der Waals surface area (Å²) in [4.78, 5) is 31.3. The number of carbonyl (C=O) groups excluding carboxylic acids is 2. The van der Waals surface area contributed by atoms with Gasteiger partial charge in [0.15, 0.2) is 5.13 Å². The van der Waals surface area contributed by atoms with E-state index in [1.165, 1.54) is 25.6 Å². The second kappa shape index (κ2) is 9.18. The van der Waals surface area contributed by atoms with Crippen LogP contribution in [0.2, 0.25) is 5.02 Å². The van der Waals surface area contributed by atoms with Crippen molar-refractivity contribution in [1.82, 2.24) is 4.98 Å². The second-order valence-corrected chi connectivity index (χ2v) is 8.94. The number of fused-ring (bicyclic) bond motifs is 1. The number of thiazole rings is 1. The lowest BCUT2D eigenvalue weighted by atomic mass is 10.1. The summed E-state index contributed by atoms with van der Waals surface area (Å²) >= 11 is 7.45. The zero-order valence-electron chi connectivity index (χ0n) is 17.8. The Morgan fingerprint density at radius 2 is 1.81 bits per heavy atom. The number of halogens is 1. The summed E-state index contributed by atoms with van der Waals surface area (Å²) in [5.74, 6) is 0.204. The minimum absolute atomic E-state index is 0.130. The van der Waals surface area contributed by atoms with Crippen molar-refractivity contribution in [3.8, 4) is 11.5 Å². The number of carbonyl (C=O) groups is 2. The molecule has 3 aromatic rings. The Morgan fingerprint density at radius 3 is 2.50 bits per heavy atom. The molecule has 9 heteroatoms. The van der Waals surface area contributed by atoms with E-state index in [1.807, 2.05) is 13.0 Å². The van der Waals surface area contributed by atoms with E-state index >= 15 is 0 Å². The lowest BCUT2D eigenvalue weighted by Crippen LogP contribution is -2.20. The van der Waals surface area contributed by atoms with Crippen molar-refractivity contribution < 1.29 is 19.1 Å². The van der Waals surface area contributed by atoms with Crippen LogP contribution in [0.25, 0.3) is 0 Å². The maximum atomic E-state index is 12.9. The summed E-state index contributed by atoms with van der Waals surface area (Å²) in [7, 11) is 3.05. The maximum absolute atomic E-state index is 12.9. The number of aryl methyl sites for hydroxylation is 2. The quantitative estimate of drug-likeness (QED) is 0.525. The fraction of sp³-hybridized carbons (Fsp3) is 0.261. The molecule has 1 aromatic heterocycles. The molecule has 1 unspecified atom stereocenters. The molecule has 0 bridgehead atoms. The molecule has 166 valence electrons. The lowest BCUT2D eigenvalue weighted by molar-refractivity contribution is -0.117. The van der Waals surface area contributed by atoms with Gasteiger partial charge < -0.3 is 14.8 Å². The third-order valence-electron chi connectivity index (χ3n) is 5.33. The largest absolute Gasteiger partial charge is 0.497 e. The highest BCUT2D eigenvalue weighted by atomic mass is 35.5. The first kappa shape index (κ1) is 22.1. The molecule has 0 radical (unpaired) electrons. The molecule has 0 saturated carbocycles. The van der Waals surface area contributed by atoms with Crippen molar-refractivity contribution in [2.75, 3.05) is 24.9 Å². The Hall–Kier alpha value is -3.10. The molecular formula is C23H22ClN3O4S. The molecule has 32 heavy (non-hydrogen) atoms. The van der Waals surface area contributed by atoms with Gasteiger partial charge in [-0.05, 0) is 49.6 Å². The van der Waals surface area contributed by atoms with Gasteiger partial charge in [0.2, 0.25) is 5.91 Å². The summed E-state index contributed by atoms with van der Waals surface area (Å²) in [6, 6.07) is 10.3. The fourth-order valence-electron chi connectivity index (χ4n) is 3.59. The molecule has 2 amide bonds. The number of hydrogen-bond acceptors (Lipinski definition) is 6. The van der Waals surface area contributed by atoms with Gasteiger partial charge in [0, 0.05) is 27.2 Å². The SMILES string of the molecule is COc1cc(OC)cc(C(=O)Nc2nc3c(s2)CCC3C(=O)Nc2cc(Cl)ccc2C)c1. The molecule has 2 N–H and O–H groups in total. The van der Waals surface area contributed by atoms with Crippen LogP contribution in [0, 0.1) is 6.92 Å². The van der Waals surface area contributed by atoms with E-state index in [0.717, 1.165) is 16.9 Å². The van der Waals surface area contributed by atoms with E-state index in [4.69, 9.17) is 21.1 Å². The molecule has 0 fully saturated rings. The number of methoxy groups -OCH3 is 2. The Labute approximate surface area is 194 Å². The van der Waals surface area contributed by atoms with Crippen molar-refractivity contribution in [2.24, 2.45) is 0 Å². The van der Waals surface area contributed by atoms with Gasteiger partial charge in [-0.15, -0.1) is 11.3 Å². The summed E-state index contributed by atoms with van der Waals surface area (Å²) < 4.78 is 10.5. The molecule has 4 rings (SSSR count). The van der Waals surface area contributed by atoms with Gasteiger partial charge >= 0.3 is 0 Å². The topological polar surface area (TPSA) is 89.6 Å². The van der Waals surface area contributed by atoms with Gasteiger partial charge in [-0.25, -0.2) is 4.98 Å². The van der Waals surface area contributed by atoms with Gasteiger partial charge in [0.25, 0.3) is 5.91 Å². The molecule has 0 spiro atoms. The van der Waals surface area contributed by atoms with Crippen LogP contribution in [0.15, 0.2) is 36.4 Å². The first-order valence-corrected chi connectivity index (χ1v) is 11.2. The third-order valence-corrected chi connectivity index (χ3v) is 6.61. The standard InChI is InChI=1S/C23H22ClN3O4S/c1-12-4-5-14(24)10-18(12)25-22(29)17-6-7-19-20(17)26-23(32-19)27-21(28)13-8-15(30-2)11-16(9-13)31-3/h4-5,8-11,17H,6-7H2,1-3H3,(H,25,29)(H,26,27,28). The first-order chi connectivity index (χ1) is 15.4. The van der Waals surface area contributed by atoms with Crippen LogP contribution < -0.4 is 20.1 Å². The normalized spacial score (nSPS) is 14.6. The minimum Gasteiger partial charge on any atom is -0.497 e. The number of rotatable bonds is 6. The van der Waals surface area contributed by atoms with Gasteiger partial charge in [-0.3, -0.25) is 14.9 Å². The number of amides is 2. The minimum atomic E-state index is -0.373. The average Bonchev–Trinajstić information content (AvgIpc) is 3.35. The lowest BCUT2D eigenvalue weighted by Gasteiger charge is -2.13. The van der Waals surface area contributed by atoms with Crippen molar-refractivity contribution in [3.05, 3.63) is 63.1 Å². The summed E-state index contributed by atoms with van der Waals surface area (Å²) in [6.07, 6.45) is 1.42. The Morgan fingerprint density at radius 1 is 1.09 bits per heavy atom. The molecule has 0 aliphatic heterocycles. The molecule has 1 aliphatic carbocycles. The highest BCUT2D eigenvalue weighted by Crippen LogP contribution is 2.39. The van der Waals surface area contributed by atoms with Crippen LogP contribution in [0.3, 0.4) is 0 Å². The van der Waals surface area contributed by atoms with Crippen LogP contribution in [-0.4, -0.2) is 31.0 Å². The highest BCUT2D eigenvalue weighted by Gasteiger charge is 2.33. The first-order valence-electron chi connectivity index (χ1n) is 9.99. The van der Waals surface area contributed by atoms with Crippen molar-refractivity contribution in [1.29, 1.82) is 0 Å². The Balaban J connectivity index is 1.50. The van der Waals surface area contributed by atoms with Crippen LogP contribution >= 0.6 is 22.9 Å². The number of ether oxygens (including phenoxy) is 2. The number of nitrogens with zero attached hydrogens (tertiary/aromatic N) is 1. The van der Waals surface area contributed by atoms with Crippen LogP contribution in [0.1, 0.15) is 38.8 Å². The van der Waals surface area contributed by atoms with E-state index in [0.29, 0.717) is 45.0 Å². The Kier molecular flexibility index (Phi) is 6.34. The van der Waals surface area contributed by atoms with E-state index in [-0.39, 0.29) is 17.7 Å². The van der Waals surface area contributed by atoms with Crippen molar-refractivity contribution in [2.45, 2.75) is 25.7 Å². The summed E-state index contributed by atoms with van der Waals surface area (Å²) in [5.41, 5.74) is 2.72. The second-order valence-electron chi connectivity index (χ2n) is 7.42. The Bertz CT molecular complexity index is 1170. The number of hydrogen-bond donors (Lipinski definition) is 2. The summed E-state index contributed by atoms with van der Waals surface area (Å²) in [6.45, 7) is 1.91. The number of benzene rings is 2. The van der Waals surface area contributed by atoms with Crippen LogP contribution in [0.4, 0.5) is 10.8 Å². The van der Waals surface area contributed by atoms with Gasteiger partial charge in [-0.2, -0.15) is 0 Å². The zero-order chi connectivity index (χ0) is 22.8. The number of anilines is 2. The van der Waals surface area contributed by atoms with Crippen LogP contribution in [-0.2, 0) is 11.2 Å². The fourth-order valence-corrected chi connectivity index (χ4v) is 4.80. The van der Waals surface area contributed by atoms with Gasteiger partial charge in [0.1, 0.15) is 11.5 Å². The van der Waals surface area contributed by atoms with E-state index < -0.39 is 0 Å². The highest BCUT2D eigenvalue weighted by molar-refractivity contribution is 7.16. The molecule has 1 aliphatic rings. The van der Waals surface area contributed by atoms with Gasteiger partial charge in [0.05, 0.1) is 25.8 Å². The summed E-state index contributed by atoms with van der Waals surface area (Å²) in [5, 5.41) is 6.80. The number of aromatic nitrogens is 1. The van der Waals surface area contributed by atoms with E-state index in [1.54, 1.807) is 30.3 Å². The molecular weight excluding hydrogens is 450 g/mol. The smallest absolute Gasteiger partial charge is 0.257 e. The maximum Gasteiger partial charge on any atom is 0.257 e. The predicted octanol–water partition coefficient (Wildman–Crippen LogP) is 5.04. The van der Waals surface area contributed by atoms with Crippen molar-refractivity contribution in [3.63, 3.8) is 0 Å². The molecule has 1 atom stereocenters. The van der Waals surface area contributed by atoms with Gasteiger partial charge in [-0.1, -0.05) is 17.7 Å². The third kappa shape index (κ3) is 4.56. The molecule has 0 saturated heterocycles. The molecule has 1 heterocycles. The zero-order valence-corrected chi connectivity index (χ0v) is 19.4. The van der Waals surface area contributed by atoms with E-state index in [9.17, 15) is 9.59 Å². The molecule has 2 aromatic carbocycles. The van der Waals surface area contributed by atoms with E-state index in [2.05, 4.69) is 15.6 Å². The molecule has 7 nitrogen and oxygen atoms in total. The predicted molar refractivity (Wildman–Crippen MR) is 125 cm³/mol. The monoisotopic (exact) mass is 471 g/mol. The van der Waals surface area contributed by atoms with Crippen LogP contribution in [0.5, 0.6) is 11.5 Å². The number of nitrogens with one attached hydrogen (secondary N) is 2.